The summed E-state index contributed by atoms with van der Waals surface area (Å²) in [6, 6.07) is 1.40. The summed E-state index contributed by atoms with van der Waals surface area (Å²) in [6.45, 7) is 3.21. The van der Waals surface area contributed by atoms with Gasteiger partial charge in [0.15, 0.2) is 0 Å². The van der Waals surface area contributed by atoms with E-state index in [0.717, 1.165) is 23.4 Å². The number of urea groups is 1. The van der Waals surface area contributed by atoms with Gasteiger partial charge in [0.1, 0.15) is 5.82 Å². The van der Waals surface area contributed by atoms with Crippen molar-refractivity contribution >= 4 is 39.4 Å². The molecule has 1 fully saturated rings. The Morgan fingerprint density at radius 2 is 2.13 bits per heavy atom. The molecular formula is C14H19BrN4O4. The zero-order chi connectivity index (χ0) is 16.7. The number of amides is 2. The minimum atomic E-state index is -0.876. The molecule has 8 nitrogen and oxygen atoms in total. The fraction of sp³-hybridized carbons (Fsp3) is 0.500. The summed E-state index contributed by atoms with van der Waals surface area (Å²) in [4.78, 5) is 28.6. The third kappa shape index (κ3) is 5.68. The number of nitrogens with zero attached hydrogens (tertiary/aromatic N) is 2. The van der Waals surface area contributed by atoms with Crippen LogP contribution in [0.1, 0.15) is 12.8 Å². The van der Waals surface area contributed by atoms with E-state index < -0.39 is 5.97 Å². The average molecular weight is 387 g/mol. The van der Waals surface area contributed by atoms with Crippen molar-refractivity contribution in [3.8, 4) is 0 Å². The molecule has 2 rings (SSSR count). The van der Waals surface area contributed by atoms with E-state index in [1.807, 2.05) is 0 Å². The number of carboxylic acid groups (broad SMARTS) is 1. The average Bonchev–Trinajstić information content (AvgIpc) is 2.52. The lowest BCUT2D eigenvalue weighted by atomic mass is 10.3. The van der Waals surface area contributed by atoms with Crippen LogP contribution in [-0.4, -0.2) is 54.9 Å². The Kier molecular flexibility index (Phi) is 6.60. The number of hydrogen-bond acceptors (Lipinski definition) is 5. The van der Waals surface area contributed by atoms with Crippen LogP contribution in [0.15, 0.2) is 16.7 Å². The highest BCUT2D eigenvalue weighted by molar-refractivity contribution is 9.10. The van der Waals surface area contributed by atoms with E-state index in [1.165, 1.54) is 0 Å². The number of pyridine rings is 1. The van der Waals surface area contributed by atoms with Crippen LogP contribution in [0.2, 0.25) is 0 Å². The van der Waals surface area contributed by atoms with Gasteiger partial charge in [-0.05, 0) is 28.4 Å². The molecule has 0 radical (unpaired) electrons. The normalized spacial score (nSPS) is 14.4. The van der Waals surface area contributed by atoms with Crippen LogP contribution in [0.3, 0.4) is 0 Å². The third-order valence-corrected chi connectivity index (χ3v) is 3.83. The summed E-state index contributed by atoms with van der Waals surface area (Å²) < 4.78 is 6.11. The molecule has 126 valence electrons. The second-order valence-electron chi connectivity index (χ2n) is 5.01. The summed E-state index contributed by atoms with van der Waals surface area (Å²) in [5.74, 6) is -0.0558. The molecule has 0 atom stereocenters. The largest absolute Gasteiger partial charge is 0.481 e. The lowest BCUT2D eigenvalue weighted by Gasteiger charge is -2.28. The maximum Gasteiger partial charge on any atom is 0.319 e. The molecule has 0 saturated carbocycles. The van der Waals surface area contributed by atoms with Gasteiger partial charge in [-0.2, -0.15) is 0 Å². The van der Waals surface area contributed by atoms with Crippen LogP contribution in [0.5, 0.6) is 0 Å². The van der Waals surface area contributed by atoms with Crippen LogP contribution in [0.25, 0.3) is 0 Å². The fourth-order valence-corrected chi connectivity index (χ4v) is 2.72. The molecule has 0 aliphatic carbocycles. The minimum Gasteiger partial charge on any atom is -0.481 e. The van der Waals surface area contributed by atoms with Crippen LogP contribution in [-0.2, 0) is 9.53 Å². The molecule has 9 heteroatoms. The van der Waals surface area contributed by atoms with Crippen LogP contribution >= 0.6 is 15.9 Å². The second-order valence-corrected chi connectivity index (χ2v) is 5.86. The van der Waals surface area contributed by atoms with Gasteiger partial charge in [-0.1, -0.05) is 0 Å². The highest BCUT2D eigenvalue weighted by Gasteiger charge is 2.16. The Morgan fingerprint density at radius 1 is 1.39 bits per heavy atom. The molecule has 0 spiro atoms. The van der Waals surface area contributed by atoms with Crippen molar-refractivity contribution in [3.63, 3.8) is 0 Å². The molecule has 0 aromatic carbocycles. The standard InChI is InChI=1S/C14H19BrN4O4/c15-11-8-10(18-14(22)16-3-1-2-12(20)21)9-17-13(11)19-4-6-23-7-5-19/h8-9H,1-7H2,(H,20,21)(H2,16,18,22). The Balaban J connectivity index is 1.84. The van der Waals surface area contributed by atoms with Crippen molar-refractivity contribution < 1.29 is 19.4 Å². The summed E-state index contributed by atoms with van der Waals surface area (Å²) in [5.41, 5.74) is 0.560. The van der Waals surface area contributed by atoms with Gasteiger partial charge in [0.25, 0.3) is 0 Å². The van der Waals surface area contributed by atoms with Gasteiger partial charge in [0.05, 0.1) is 29.6 Å². The smallest absolute Gasteiger partial charge is 0.319 e. The Hall–Kier alpha value is -1.87. The number of halogens is 1. The Bertz CT molecular complexity index is 564. The number of carbonyl (C=O) groups excluding carboxylic acids is 1. The van der Waals surface area contributed by atoms with Gasteiger partial charge in [-0.3, -0.25) is 4.79 Å². The first-order valence-corrected chi connectivity index (χ1v) is 8.10. The van der Waals surface area contributed by atoms with Gasteiger partial charge in [-0.15, -0.1) is 0 Å². The quantitative estimate of drug-likeness (QED) is 0.642. The maximum absolute atomic E-state index is 11.7. The third-order valence-electron chi connectivity index (χ3n) is 3.24. The Morgan fingerprint density at radius 3 is 2.78 bits per heavy atom. The number of morpholine rings is 1. The highest BCUT2D eigenvalue weighted by atomic mass is 79.9. The number of anilines is 2. The van der Waals surface area contributed by atoms with Crippen LogP contribution in [0, 0.1) is 0 Å². The predicted molar refractivity (Wildman–Crippen MR) is 88.9 cm³/mol. The van der Waals surface area contributed by atoms with Crippen molar-refractivity contribution in [2.45, 2.75) is 12.8 Å². The summed E-state index contributed by atoms with van der Waals surface area (Å²) >= 11 is 3.47. The number of rotatable bonds is 6. The van der Waals surface area contributed by atoms with E-state index in [9.17, 15) is 9.59 Å². The molecule has 0 unspecified atom stereocenters. The van der Waals surface area contributed by atoms with Gasteiger partial charge in [-0.25, -0.2) is 9.78 Å². The van der Waals surface area contributed by atoms with E-state index in [1.54, 1.807) is 12.3 Å². The van der Waals surface area contributed by atoms with Gasteiger partial charge < -0.3 is 25.4 Å². The predicted octanol–water partition coefficient (Wildman–Crippen LogP) is 1.67. The molecule has 3 N–H and O–H groups in total. The highest BCUT2D eigenvalue weighted by Crippen LogP contribution is 2.27. The van der Waals surface area contributed by atoms with Gasteiger partial charge >= 0.3 is 12.0 Å². The number of aliphatic carboxylic acids is 1. The lowest BCUT2D eigenvalue weighted by Crippen LogP contribution is -2.37. The van der Waals surface area contributed by atoms with E-state index in [0.29, 0.717) is 31.9 Å². The first kappa shape index (κ1) is 17.5. The number of nitrogens with one attached hydrogen (secondary N) is 2. The summed E-state index contributed by atoms with van der Waals surface area (Å²) in [6.07, 6.45) is 2.01. The zero-order valence-corrected chi connectivity index (χ0v) is 14.1. The van der Waals surface area contributed by atoms with E-state index in [2.05, 4.69) is 36.4 Å². The first-order chi connectivity index (χ1) is 11.1. The number of aromatic nitrogens is 1. The molecule has 2 heterocycles. The number of carbonyl (C=O) groups is 2. The molecule has 1 aromatic heterocycles. The molecular weight excluding hydrogens is 368 g/mol. The monoisotopic (exact) mass is 386 g/mol. The minimum absolute atomic E-state index is 0.0294. The van der Waals surface area contributed by atoms with Crippen molar-refractivity contribution in [2.24, 2.45) is 0 Å². The van der Waals surface area contributed by atoms with Crippen molar-refractivity contribution in [1.29, 1.82) is 0 Å². The lowest BCUT2D eigenvalue weighted by molar-refractivity contribution is -0.137. The first-order valence-electron chi connectivity index (χ1n) is 7.31. The summed E-state index contributed by atoms with van der Waals surface area (Å²) in [7, 11) is 0. The molecule has 23 heavy (non-hydrogen) atoms. The van der Waals surface area contributed by atoms with Crippen LogP contribution in [0.4, 0.5) is 16.3 Å². The fourth-order valence-electron chi connectivity index (χ4n) is 2.12. The van der Waals surface area contributed by atoms with E-state index >= 15 is 0 Å². The van der Waals surface area contributed by atoms with Crippen molar-refractivity contribution in [1.82, 2.24) is 10.3 Å². The molecule has 0 bridgehead atoms. The van der Waals surface area contributed by atoms with Crippen LogP contribution < -0.4 is 15.5 Å². The molecule has 1 saturated heterocycles. The van der Waals surface area contributed by atoms with Crippen molar-refractivity contribution in [2.75, 3.05) is 43.1 Å². The number of hydrogen-bond donors (Lipinski definition) is 3. The molecule has 2 amide bonds. The molecule has 1 aliphatic heterocycles. The zero-order valence-electron chi connectivity index (χ0n) is 12.5. The van der Waals surface area contributed by atoms with Gasteiger partial charge in [0, 0.05) is 26.1 Å². The summed E-state index contributed by atoms with van der Waals surface area (Å²) in [5, 5.41) is 13.8. The maximum atomic E-state index is 11.7. The number of ether oxygens (including phenoxy) is 1. The molecule has 1 aliphatic rings. The van der Waals surface area contributed by atoms with E-state index in [-0.39, 0.29) is 12.5 Å². The van der Waals surface area contributed by atoms with Gasteiger partial charge in [0.2, 0.25) is 0 Å². The SMILES string of the molecule is O=C(O)CCCNC(=O)Nc1cnc(N2CCOCC2)c(Br)c1. The second kappa shape index (κ2) is 8.68. The number of carboxylic acids is 1. The Labute approximate surface area is 142 Å². The van der Waals surface area contributed by atoms with Crippen molar-refractivity contribution in [3.05, 3.63) is 16.7 Å². The molecule has 1 aromatic rings. The van der Waals surface area contributed by atoms with E-state index in [4.69, 9.17) is 9.84 Å². The topological polar surface area (TPSA) is 104 Å².